The Morgan fingerprint density at radius 3 is 2.20 bits per heavy atom. The van der Waals surface area contributed by atoms with Gasteiger partial charge in [0.2, 0.25) is 0 Å². The highest BCUT2D eigenvalue weighted by Crippen LogP contribution is 2.45. The van der Waals surface area contributed by atoms with Gasteiger partial charge in [-0.25, -0.2) is 8.42 Å². The number of nitrogens with zero attached hydrogens (tertiary/aromatic N) is 4. The molecule has 9 heteroatoms. The molecule has 1 rings (SSSR count). The van der Waals surface area contributed by atoms with Crippen LogP contribution in [-0.4, -0.2) is 43.1 Å². The molecule has 0 unspecified atom stereocenters. The summed E-state index contributed by atoms with van der Waals surface area (Å²) < 4.78 is 22.7. The van der Waals surface area contributed by atoms with Crippen LogP contribution in [0.1, 0.15) is 27.7 Å². The molecule has 0 saturated carbocycles. The highest BCUT2D eigenvalue weighted by Gasteiger charge is 2.51. The second-order valence-corrected chi connectivity index (χ2v) is 10.2. The maximum Gasteiger partial charge on any atom is 0.199 e. The van der Waals surface area contributed by atoms with Gasteiger partial charge in [0, 0.05) is 23.5 Å². The number of hydroxylamine groups is 2. The van der Waals surface area contributed by atoms with Crippen LogP contribution >= 0.6 is 10.8 Å². The minimum absolute atomic E-state index is 0.0747. The zero-order chi connectivity index (χ0) is 15.8. The highest BCUT2D eigenvalue weighted by atomic mass is 33.1. The predicted molar refractivity (Wildman–Crippen MR) is 79.0 cm³/mol. The van der Waals surface area contributed by atoms with Gasteiger partial charge in [0.05, 0.1) is 11.1 Å². The Morgan fingerprint density at radius 1 is 1.25 bits per heavy atom. The zero-order valence-corrected chi connectivity index (χ0v) is 13.9. The molecule has 1 heterocycles. The maximum absolute atomic E-state index is 12.4. The predicted octanol–water partition coefficient (Wildman–Crippen LogP) is 2.50. The molecule has 1 aliphatic rings. The molecule has 0 aliphatic carbocycles. The van der Waals surface area contributed by atoms with E-state index in [-0.39, 0.29) is 12.3 Å². The van der Waals surface area contributed by atoms with Gasteiger partial charge in [-0.3, -0.25) is 0 Å². The molecule has 0 atom stereocenters. The van der Waals surface area contributed by atoms with Crippen LogP contribution in [0.3, 0.4) is 0 Å². The molecule has 1 radical (unpaired) electrons. The summed E-state index contributed by atoms with van der Waals surface area (Å²) in [6.45, 7) is 7.08. The van der Waals surface area contributed by atoms with Gasteiger partial charge >= 0.3 is 0 Å². The summed E-state index contributed by atoms with van der Waals surface area (Å²) in [6, 6.07) is 0. The summed E-state index contributed by atoms with van der Waals surface area (Å²) in [7, 11) is -2.41. The average Bonchev–Trinajstić information content (AvgIpc) is 2.41. The van der Waals surface area contributed by atoms with E-state index in [0.717, 1.165) is 27.7 Å². The summed E-state index contributed by atoms with van der Waals surface area (Å²) in [6.07, 6.45) is 1.13. The Morgan fingerprint density at radius 2 is 1.75 bits per heavy atom. The first-order valence-corrected chi connectivity index (χ1v) is 9.39. The van der Waals surface area contributed by atoms with Gasteiger partial charge in [-0.15, -0.1) is 10.3 Å². The van der Waals surface area contributed by atoms with E-state index in [1.54, 1.807) is 27.7 Å². The third kappa shape index (κ3) is 3.29. The van der Waals surface area contributed by atoms with Gasteiger partial charge < -0.3 is 0 Å². The molecule has 0 saturated heterocycles. The summed E-state index contributed by atoms with van der Waals surface area (Å²) in [5.74, 6) is 0.199. The van der Waals surface area contributed by atoms with Crippen LogP contribution in [-0.2, 0) is 14.1 Å². The van der Waals surface area contributed by atoms with E-state index < -0.39 is 19.9 Å². The lowest BCUT2D eigenvalue weighted by Gasteiger charge is -2.34. The van der Waals surface area contributed by atoms with Crippen LogP contribution in [0, 0.1) is 0 Å². The number of hydrogen-bond acceptors (Lipinski definition) is 5. The third-order valence-electron chi connectivity index (χ3n) is 3.57. The SMILES string of the molecule is CC1(C)C(CN=[N+]=[N-])=C(CSS(C)(=O)=O)C(C)(C)N1[O]. The van der Waals surface area contributed by atoms with E-state index in [2.05, 4.69) is 10.0 Å². The van der Waals surface area contributed by atoms with E-state index in [9.17, 15) is 13.6 Å². The molecule has 1 aliphatic heterocycles. The molecule has 0 aromatic carbocycles. The summed E-state index contributed by atoms with van der Waals surface area (Å²) >= 11 is 0. The van der Waals surface area contributed by atoms with Gasteiger partial charge in [-0.2, -0.15) is 0 Å². The second kappa shape index (κ2) is 5.57. The number of azide groups is 1. The molecular formula is C11H19N4O3S2. The Labute approximate surface area is 122 Å². The lowest BCUT2D eigenvalue weighted by atomic mass is 9.92. The fraction of sp³-hybridized carbons (Fsp3) is 0.818. The van der Waals surface area contributed by atoms with Crippen molar-refractivity contribution in [1.29, 1.82) is 0 Å². The molecule has 20 heavy (non-hydrogen) atoms. The standard InChI is InChI=1S/C11H19N4O3S2/c1-10(2)8(6-13-14-12)9(7-19-20(5,17)18)11(3,4)15(10)16/h6-7H2,1-5H3. The molecule has 0 aromatic rings. The fourth-order valence-corrected chi connectivity index (χ4v) is 4.36. The first-order valence-electron chi connectivity index (χ1n) is 6.00. The molecule has 7 nitrogen and oxygen atoms in total. The van der Waals surface area contributed by atoms with Gasteiger partial charge in [0.15, 0.2) is 8.87 Å². The summed E-state index contributed by atoms with van der Waals surface area (Å²) in [4.78, 5) is 2.73. The molecule has 0 aromatic heterocycles. The quantitative estimate of drug-likeness (QED) is 0.255. The van der Waals surface area contributed by atoms with E-state index in [1.165, 1.54) is 0 Å². The lowest BCUT2D eigenvalue weighted by molar-refractivity contribution is -0.240. The van der Waals surface area contributed by atoms with E-state index in [1.807, 2.05) is 0 Å². The molecular weight excluding hydrogens is 300 g/mol. The number of rotatable bonds is 5. The van der Waals surface area contributed by atoms with Crippen molar-refractivity contribution in [1.82, 2.24) is 5.06 Å². The van der Waals surface area contributed by atoms with Crippen molar-refractivity contribution in [3.05, 3.63) is 21.6 Å². The Hall–Kier alpha value is -0.730. The number of hydrogen-bond donors (Lipinski definition) is 0. The van der Waals surface area contributed by atoms with Crippen LogP contribution in [0.5, 0.6) is 0 Å². The van der Waals surface area contributed by atoms with Gasteiger partial charge in [-0.1, -0.05) is 5.11 Å². The van der Waals surface area contributed by atoms with Crippen LogP contribution in [0.2, 0.25) is 0 Å². The smallest absolute Gasteiger partial charge is 0.199 e. The van der Waals surface area contributed by atoms with Crippen LogP contribution in [0.25, 0.3) is 10.4 Å². The largest absolute Gasteiger partial charge is 0.218 e. The van der Waals surface area contributed by atoms with Crippen molar-refractivity contribution in [3.63, 3.8) is 0 Å². The Balaban J connectivity index is 3.28. The third-order valence-corrected chi connectivity index (χ3v) is 6.04. The van der Waals surface area contributed by atoms with Crippen molar-refractivity contribution in [3.8, 4) is 0 Å². The second-order valence-electron chi connectivity index (χ2n) is 5.72. The van der Waals surface area contributed by atoms with Crippen molar-refractivity contribution in [2.45, 2.75) is 38.8 Å². The topological polar surface area (TPSA) is 106 Å². The van der Waals surface area contributed by atoms with Gasteiger partial charge in [0.1, 0.15) is 0 Å². The van der Waals surface area contributed by atoms with E-state index in [0.29, 0.717) is 5.57 Å². The van der Waals surface area contributed by atoms with Gasteiger partial charge in [0.25, 0.3) is 0 Å². The lowest BCUT2D eigenvalue weighted by Crippen LogP contribution is -2.48. The van der Waals surface area contributed by atoms with Crippen molar-refractivity contribution >= 4 is 19.7 Å². The minimum Gasteiger partial charge on any atom is -0.218 e. The van der Waals surface area contributed by atoms with E-state index in [4.69, 9.17) is 5.53 Å². The molecule has 0 spiro atoms. The Kier molecular flexibility index (Phi) is 4.83. The average molecular weight is 319 g/mol. The molecule has 0 bridgehead atoms. The first kappa shape index (κ1) is 17.3. The van der Waals surface area contributed by atoms with Gasteiger partial charge in [-0.05, 0) is 55.2 Å². The fourth-order valence-electron chi connectivity index (χ4n) is 2.50. The van der Waals surface area contributed by atoms with Crippen molar-refractivity contribution in [2.24, 2.45) is 5.11 Å². The van der Waals surface area contributed by atoms with Crippen LogP contribution < -0.4 is 0 Å². The molecule has 0 fully saturated rings. The minimum atomic E-state index is -3.20. The van der Waals surface area contributed by atoms with Crippen molar-refractivity contribution < 1.29 is 13.6 Å². The van der Waals surface area contributed by atoms with Crippen LogP contribution in [0.4, 0.5) is 0 Å². The van der Waals surface area contributed by atoms with E-state index >= 15 is 0 Å². The highest BCUT2D eigenvalue weighted by molar-refractivity contribution is 8.71. The summed E-state index contributed by atoms with van der Waals surface area (Å²) in [5.41, 5.74) is 8.27. The zero-order valence-electron chi connectivity index (χ0n) is 12.2. The summed E-state index contributed by atoms with van der Waals surface area (Å²) in [5, 5.41) is 16.9. The normalized spacial score (nSPS) is 21.9. The Bertz CT molecular complexity index is 574. The van der Waals surface area contributed by atoms with Crippen molar-refractivity contribution in [2.75, 3.05) is 18.6 Å². The maximum atomic E-state index is 12.4. The first-order chi connectivity index (χ1) is 8.94. The van der Waals surface area contributed by atoms with Crippen LogP contribution in [0.15, 0.2) is 16.3 Å². The molecule has 0 amide bonds. The monoisotopic (exact) mass is 319 g/mol. The molecule has 0 N–H and O–H groups in total. The molecule has 113 valence electrons.